The Balaban J connectivity index is 2.42. The molecule has 2 unspecified atom stereocenters. The Morgan fingerprint density at radius 3 is 2.74 bits per heavy atom. The standard InChI is InChI=1S/C14H18F2N2O/c1-3-9-5-4-8(2)18(9)14(19)12-10(15)6-7-11(17)13(12)16/h6-9H,3-5,17H2,1-2H3. The summed E-state index contributed by atoms with van der Waals surface area (Å²) in [6, 6.07) is 2.21. The molecule has 104 valence electrons. The molecule has 2 atom stereocenters. The van der Waals surface area contributed by atoms with Gasteiger partial charge in [0.1, 0.15) is 11.4 Å². The molecular weight excluding hydrogens is 250 g/mol. The minimum absolute atomic E-state index is 0.00215. The van der Waals surface area contributed by atoms with Gasteiger partial charge in [-0.1, -0.05) is 6.92 Å². The number of carbonyl (C=O) groups excluding carboxylic acids is 1. The summed E-state index contributed by atoms with van der Waals surface area (Å²) >= 11 is 0. The second-order valence-electron chi connectivity index (χ2n) is 5.03. The van der Waals surface area contributed by atoms with E-state index in [9.17, 15) is 13.6 Å². The third-order valence-corrected chi connectivity index (χ3v) is 3.83. The first-order valence-electron chi connectivity index (χ1n) is 6.53. The number of nitrogens with zero attached hydrogens (tertiary/aromatic N) is 1. The number of nitrogen functional groups attached to an aromatic ring is 1. The fourth-order valence-electron chi connectivity index (χ4n) is 2.73. The molecule has 0 saturated carbocycles. The molecule has 1 aromatic carbocycles. The number of hydrogen-bond donors (Lipinski definition) is 1. The Morgan fingerprint density at radius 1 is 1.42 bits per heavy atom. The predicted octanol–water partition coefficient (Wildman–Crippen LogP) is 2.95. The molecular formula is C14H18F2N2O. The summed E-state index contributed by atoms with van der Waals surface area (Å²) in [4.78, 5) is 14.0. The van der Waals surface area contributed by atoms with E-state index in [1.54, 1.807) is 4.90 Å². The maximum absolute atomic E-state index is 13.9. The maximum atomic E-state index is 13.9. The van der Waals surface area contributed by atoms with E-state index in [0.29, 0.717) is 0 Å². The van der Waals surface area contributed by atoms with Gasteiger partial charge in [0.2, 0.25) is 0 Å². The molecule has 3 nitrogen and oxygen atoms in total. The highest BCUT2D eigenvalue weighted by Gasteiger charge is 2.36. The topological polar surface area (TPSA) is 46.3 Å². The van der Waals surface area contributed by atoms with Gasteiger partial charge >= 0.3 is 0 Å². The highest BCUT2D eigenvalue weighted by atomic mass is 19.1. The molecule has 1 aromatic rings. The number of anilines is 1. The number of carbonyl (C=O) groups is 1. The highest BCUT2D eigenvalue weighted by Crippen LogP contribution is 2.30. The van der Waals surface area contributed by atoms with E-state index in [4.69, 9.17) is 5.73 Å². The lowest BCUT2D eigenvalue weighted by Crippen LogP contribution is -2.40. The van der Waals surface area contributed by atoms with Crippen LogP contribution in [0.3, 0.4) is 0 Å². The number of rotatable bonds is 2. The molecule has 0 radical (unpaired) electrons. The van der Waals surface area contributed by atoms with Crippen molar-refractivity contribution in [2.45, 2.75) is 45.2 Å². The van der Waals surface area contributed by atoms with Crippen molar-refractivity contribution in [3.8, 4) is 0 Å². The molecule has 1 fully saturated rings. The molecule has 1 aliphatic rings. The summed E-state index contributed by atoms with van der Waals surface area (Å²) in [6.45, 7) is 3.87. The van der Waals surface area contributed by atoms with Crippen molar-refractivity contribution >= 4 is 11.6 Å². The number of amides is 1. The molecule has 1 saturated heterocycles. The van der Waals surface area contributed by atoms with Gasteiger partial charge in [-0.2, -0.15) is 0 Å². The van der Waals surface area contributed by atoms with Crippen molar-refractivity contribution in [3.63, 3.8) is 0 Å². The van der Waals surface area contributed by atoms with E-state index in [1.165, 1.54) is 0 Å². The predicted molar refractivity (Wildman–Crippen MR) is 69.7 cm³/mol. The van der Waals surface area contributed by atoms with E-state index >= 15 is 0 Å². The quantitative estimate of drug-likeness (QED) is 0.838. The van der Waals surface area contributed by atoms with Crippen LogP contribution in [0.25, 0.3) is 0 Å². The Bertz CT molecular complexity index is 504. The van der Waals surface area contributed by atoms with E-state index in [0.717, 1.165) is 31.4 Å². The summed E-state index contributed by atoms with van der Waals surface area (Å²) in [6.07, 6.45) is 2.51. The second kappa shape index (κ2) is 5.15. The highest BCUT2D eigenvalue weighted by molar-refractivity contribution is 5.96. The van der Waals surface area contributed by atoms with Gasteiger partial charge in [-0.25, -0.2) is 8.78 Å². The fourth-order valence-corrected chi connectivity index (χ4v) is 2.73. The second-order valence-corrected chi connectivity index (χ2v) is 5.03. The SMILES string of the molecule is CCC1CCC(C)N1C(=O)c1c(F)ccc(N)c1F. The third kappa shape index (κ3) is 2.29. The van der Waals surface area contributed by atoms with E-state index in [2.05, 4.69) is 0 Å². The lowest BCUT2D eigenvalue weighted by atomic mass is 10.1. The molecule has 19 heavy (non-hydrogen) atoms. The number of halogens is 2. The van der Waals surface area contributed by atoms with Gasteiger partial charge in [0.05, 0.1) is 5.69 Å². The zero-order valence-electron chi connectivity index (χ0n) is 11.1. The normalized spacial score (nSPS) is 22.8. The van der Waals surface area contributed by atoms with Crippen LogP contribution in [0.1, 0.15) is 43.5 Å². The van der Waals surface area contributed by atoms with Crippen molar-refractivity contribution in [1.29, 1.82) is 0 Å². The monoisotopic (exact) mass is 268 g/mol. The van der Waals surface area contributed by atoms with Crippen LogP contribution in [-0.2, 0) is 0 Å². The van der Waals surface area contributed by atoms with Crippen molar-refractivity contribution in [2.75, 3.05) is 5.73 Å². The molecule has 5 heteroatoms. The zero-order valence-corrected chi connectivity index (χ0v) is 11.1. The fraction of sp³-hybridized carbons (Fsp3) is 0.500. The molecule has 1 heterocycles. The number of likely N-dealkylation sites (tertiary alicyclic amines) is 1. The first-order valence-corrected chi connectivity index (χ1v) is 6.53. The van der Waals surface area contributed by atoms with Crippen LogP contribution in [0.15, 0.2) is 12.1 Å². The Hall–Kier alpha value is -1.65. The Morgan fingerprint density at radius 2 is 2.11 bits per heavy atom. The lowest BCUT2D eigenvalue weighted by Gasteiger charge is -2.28. The van der Waals surface area contributed by atoms with Crippen molar-refractivity contribution in [2.24, 2.45) is 0 Å². The molecule has 0 spiro atoms. The van der Waals surface area contributed by atoms with Gasteiger partial charge in [-0.05, 0) is 38.3 Å². The Labute approximate surface area is 111 Å². The van der Waals surface area contributed by atoms with Gasteiger partial charge in [0, 0.05) is 12.1 Å². The van der Waals surface area contributed by atoms with Crippen LogP contribution >= 0.6 is 0 Å². The summed E-state index contributed by atoms with van der Waals surface area (Å²) in [7, 11) is 0. The van der Waals surface area contributed by atoms with Crippen LogP contribution < -0.4 is 5.73 Å². The zero-order chi connectivity index (χ0) is 14.2. The van der Waals surface area contributed by atoms with E-state index in [1.807, 2.05) is 13.8 Å². The van der Waals surface area contributed by atoms with Gasteiger partial charge in [-0.3, -0.25) is 4.79 Å². The molecule has 2 rings (SSSR count). The van der Waals surface area contributed by atoms with Crippen LogP contribution in [-0.4, -0.2) is 22.9 Å². The van der Waals surface area contributed by atoms with E-state index < -0.39 is 23.1 Å². The molecule has 2 N–H and O–H groups in total. The van der Waals surface area contributed by atoms with E-state index in [-0.39, 0.29) is 17.8 Å². The minimum Gasteiger partial charge on any atom is -0.396 e. The summed E-state index contributed by atoms with van der Waals surface area (Å²) in [5, 5.41) is 0. The lowest BCUT2D eigenvalue weighted by molar-refractivity contribution is 0.0666. The minimum atomic E-state index is -0.959. The Kier molecular flexibility index (Phi) is 3.73. The van der Waals surface area contributed by atoms with Gasteiger partial charge < -0.3 is 10.6 Å². The molecule has 1 aliphatic heterocycles. The van der Waals surface area contributed by atoms with Crippen LogP contribution in [0.4, 0.5) is 14.5 Å². The number of hydrogen-bond acceptors (Lipinski definition) is 2. The molecule has 1 amide bonds. The maximum Gasteiger partial charge on any atom is 0.260 e. The average molecular weight is 268 g/mol. The summed E-state index contributed by atoms with van der Waals surface area (Å²) in [5.41, 5.74) is 4.68. The van der Waals surface area contributed by atoms with Crippen molar-refractivity contribution in [1.82, 2.24) is 4.90 Å². The van der Waals surface area contributed by atoms with Gasteiger partial charge in [0.15, 0.2) is 5.82 Å². The van der Waals surface area contributed by atoms with Crippen LogP contribution in [0.2, 0.25) is 0 Å². The first kappa shape index (κ1) is 13.8. The number of benzene rings is 1. The summed E-state index contributed by atoms with van der Waals surface area (Å²) < 4.78 is 27.7. The summed E-state index contributed by atoms with van der Waals surface area (Å²) in [5.74, 6) is -2.41. The third-order valence-electron chi connectivity index (χ3n) is 3.83. The van der Waals surface area contributed by atoms with Crippen molar-refractivity contribution in [3.05, 3.63) is 29.3 Å². The number of nitrogens with two attached hydrogens (primary N) is 1. The van der Waals surface area contributed by atoms with Gasteiger partial charge in [0.25, 0.3) is 5.91 Å². The largest absolute Gasteiger partial charge is 0.396 e. The van der Waals surface area contributed by atoms with Crippen molar-refractivity contribution < 1.29 is 13.6 Å². The van der Waals surface area contributed by atoms with Gasteiger partial charge in [-0.15, -0.1) is 0 Å². The first-order chi connectivity index (χ1) is 8.97. The molecule has 0 aromatic heterocycles. The molecule has 0 bridgehead atoms. The van der Waals surface area contributed by atoms with Crippen LogP contribution in [0.5, 0.6) is 0 Å². The van der Waals surface area contributed by atoms with Crippen LogP contribution in [0, 0.1) is 11.6 Å². The molecule has 0 aliphatic carbocycles. The average Bonchev–Trinajstić information content (AvgIpc) is 2.75. The smallest absolute Gasteiger partial charge is 0.260 e.